The molecule has 2 heterocycles. The van der Waals surface area contributed by atoms with Gasteiger partial charge in [-0.2, -0.15) is 0 Å². The lowest BCUT2D eigenvalue weighted by molar-refractivity contribution is 0.534. The maximum atomic E-state index is 6.06. The van der Waals surface area contributed by atoms with Crippen LogP contribution in [0.25, 0.3) is 0 Å². The molecule has 1 atom stereocenters. The first-order valence-corrected chi connectivity index (χ1v) is 7.47. The van der Waals surface area contributed by atoms with Gasteiger partial charge in [-0.3, -0.25) is 0 Å². The van der Waals surface area contributed by atoms with E-state index in [0.717, 1.165) is 29.7 Å². The molecule has 0 fully saturated rings. The van der Waals surface area contributed by atoms with Gasteiger partial charge in [-0.25, -0.2) is 0 Å². The summed E-state index contributed by atoms with van der Waals surface area (Å²) in [5.74, 6) is 2.60. The van der Waals surface area contributed by atoms with Crippen LogP contribution in [0, 0.1) is 5.92 Å². The van der Waals surface area contributed by atoms with Gasteiger partial charge in [0.1, 0.15) is 5.82 Å². The van der Waals surface area contributed by atoms with Crippen LogP contribution < -0.4 is 5.73 Å². The Hall–Kier alpha value is -0.550. The zero-order chi connectivity index (χ0) is 12.3. The summed E-state index contributed by atoms with van der Waals surface area (Å²) in [7, 11) is 0. The highest BCUT2D eigenvalue weighted by atomic mass is 32.2. The van der Waals surface area contributed by atoms with Gasteiger partial charge in [-0.15, -0.1) is 10.2 Å². The molecule has 0 bridgehead atoms. The van der Waals surface area contributed by atoms with Crippen LogP contribution in [0.15, 0.2) is 5.16 Å². The average Bonchev–Trinajstić information content (AvgIpc) is 2.54. The minimum atomic E-state index is 0.235. The molecule has 96 valence electrons. The Morgan fingerprint density at radius 1 is 1.29 bits per heavy atom. The van der Waals surface area contributed by atoms with E-state index >= 15 is 0 Å². The number of hydrogen-bond donors (Lipinski definition) is 1. The van der Waals surface area contributed by atoms with Crippen LogP contribution in [-0.4, -0.2) is 26.6 Å². The number of aromatic nitrogens is 3. The lowest BCUT2D eigenvalue weighted by Crippen LogP contribution is -2.29. The summed E-state index contributed by atoms with van der Waals surface area (Å²) in [6, 6.07) is 0.235. The third-order valence-corrected chi connectivity index (χ3v) is 4.45. The van der Waals surface area contributed by atoms with Gasteiger partial charge < -0.3 is 10.3 Å². The zero-order valence-electron chi connectivity index (χ0n) is 10.7. The van der Waals surface area contributed by atoms with Gasteiger partial charge in [0.05, 0.1) is 0 Å². The predicted molar refractivity (Wildman–Crippen MR) is 71.1 cm³/mol. The molecular formula is C12H22N4S. The molecule has 0 aliphatic carbocycles. The Kier molecular flexibility index (Phi) is 4.45. The first-order valence-electron chi connectivity index (χ1n) is 6.49. The van der Waals surface area contributed by atoms with Crippen molar-refractivity contribution in [3.05, 3.63) is 5.82 Å². The molecule has 1 aliphatic rings. The molecule has 4 nitrogen and oxygen atoms in total. The molecule has 1 aromatic heterocycles. The molecule has 0 spiro atoms. The molecule has 1 aliphatic heterocycles. The molecule has 2 rings (SSSR count). The van der Waals surface area contributed by atoms with Gasteiger partial charge in [0.2, 0.25) is 0 Å². The Morgan fingerprint density at radius 2 is 2.12 bits per heavy atom. The monoisotopic (exact) mass is 254 g/mol. The standard InChI is InChI=1S/C12H22N4S/c1-9(2)10(13)8-17-12-15-14-11-6-4-3-5-7-16(11)12/h9-10H,3-8,13H2,1-2H3. The number of hydrogen-bond acceptors (Lipinski definition) is 4. The van der Waals surface area contributed by atoms with Crippen molar-refractivity contribution in [1.82, 2.24) is 14.8 Å². The second kappa shape index (κ2) is 5.87. The van der Waals surface area contributed by atoms with E-state index in [4.69, 9.17) is 5.73 Å². The second-order valence-electron chi connectivity index (χ2n) is 5.08. The van der Waals surface area contributed by atoms with E-state index in [9.17, 15) is 0 Å². The summed E-state index contributed by atoms with van der Waals surface area (Å²) in [6.45, 7) is 5.40. The van der Waals surface area contributed by atoms with E-state index in [-0.39, 0.29) is 6.04 Å². The van der Waals surface area contributed by atoms with Crippen molar-refractivity contribution in [1.29, 1.82) is 0 Å². The van der Waals surface area contributed by atoms with Crippen molar-refractivity contribution in [2.24, 2.45) is 11.7 Å². The molecule has 0 saturated heterocycles. The van der Waals surface area contributed by atoms with Gasteiger partial charge in [0.25, 0.3) is 0 Å². The van der Waals surface area contributed by atoms with Crippen molar-refractivity contribution in [2.75, 3.05) is 5.75 Å². The minimum Gasteiger partial charge on any atom is -0.327 e. The third kappa shape index (κ3) is 3.22. The normalized spacial score (nSPS) is 17.9. The van der Waals surface area contributed by atoms with Crippen molar-refractivity contribution in [2.45, 2.75) is 57.3 Å². The molecular weight excluding hydrogens is 232 g/mol. The van der Waals surface area contributed by atoms with Crippen LogP contribution in [0.5, 0.6) is 0 Å². The minimum absolute atomic E-state index is 0.235. The summed E-state index contributed by atoms with van der Waals surface area (Å²) in [5, 5.41) is 9.64. The summed E-state index contributed by atoms with van der Waals surface area (Å²) < 4.78 is 2.28. The summed E-state index contributed by atoms with van der Waals surface area (Å²) in [4.78, 5) is 0. The smallest absolute Gasteiger partial charge is 0.191 e. The Bertz CT molecular complexity index is 361. The topological polar surface area (TPSA) is 56.7 Å². The molecule has 0 radical (unpaired) electrons. The number of fused-ring (bicyclic) bond motifs is 1. The lowest BCUT2D eigenvalue weighted by Gasteiger charge is -2.14. The van der Waals surface area contributed by atoms with Crippen molar-refractivity contribution in [3.8, 4) is 0 Å². The van der Waals surface area contributed by atoms with Crippen LogP contribution in [0.4, 0.5) is 0 Å². The van der Waals surface area contributed by atoms with Crippen LogP contribution >= 0.6 is 11.8 Å². The van der Waals surface area contributed by atoms with Crippen LogP contribution in [0.2, 0.25) is 0 Å². The first kappa shape index (κ1) is 12.9. The fraction of sp³-hybridized carbons (Fsp3) is 0.833. The number of nitrogens with zero attached hydrogens (tertiary/aromatic N) is 3. The Balaban J connectivity index is 1.99. The number of rotatable bonds is 4. The summed E-state index contributed by atoms with van der Waals surface area (Å²) in [6.07, 6.45) is 4.87. The highest BCUT2D eigenvalue weighted by Gasteiger charge is 2.16. The summed E-state index contributed by atoms with van der Waals surface area (Å²) in [5.41, 5.74) is 6.06. The highest BCUT2D eigenvalue weighted by molar-refractivity contribution is 7.99. The van der Waals surface area contributed by atoms with E-state index in [2.05, 4.69) is 28.6 Å². The van der Waals surface area contributed by atoms with E-state index < -0.39 is 0 Å². The Labute approximate surface area is 107 Å². The summed E-state index contributed by atoms with van der Waals surface area (Å²) >= 11 is 1.75. The van der Waals surface area contributed by atoms with Crippen LogP contribution in [-0.2, 0) is 13.0 Å². The largest absolute Gasteiger partial charge is 0.327 e. The maximum absolute atomic E-state index is 6.06. The van der Waals surface area contributed by atoms with E-state index in [1.165, 1.54) is 19.3 Å². The van der Waals surface area contributed by atoms with Gasteiger partial charge in [-0.05, 0) is 18.8 Å². The molecule has 0 aromatic carbocycles. The molecule has 0 saturated carbocycles. The van der Waals surface area contributed by atoms with Crippen molar-refractivity contribution >= 4 is 11.8 Å². The highest BCUT2D eigenvalue weighted by Crippen LogP contribution is 2.22. The SMILES string of the molecule is CC(C)C(N)CSc1nnc2n1CCCCC2. The van der Waals surface area contributed by atoms with Gasteiger partial charge >= 0.3 is 0 Å². The Morgan fingerprint density at radius 3 is 2.88 bits per heavy atom. The third-order valence-electron chi connectivity index (χ3n) is 3.34. The molecule has 5 heteroatoms. The van der Waals surface area contributed by atoms with Gasteiger partial charge in [0, 0.05) is 24.8 Å². The molecule has 17 heavy (non-hydrogen) atoms. The van der Waals surface area contributed by atoms with Gasteiger partial charge in [-0.1, -0.05) is 32.0 Å². The van der Waals surface area contributed by atoms with E-state index in [0.29, 0.717) is 5.92 Å². The predicted octanol–water partition coefficient (Wildman–Crippen LogP) is 2.08. The fourth-order valence-corrected chi connectivity index (χ4v) is 3.11. The van der Waals surface area contributed by atoms with E-state index in [1.54, 1.807) is 11.8 Å². The quantitative estimate of drug-likeness (QED) is 0.836. The second-order valence-corrected chi connectivity index (χ2v) is 6.07. The maximum Gasteiger partial charge on any atom is 0.191 e. The van der Waals surface area contributed by atoms with E-state index in [1.807, 2.05) is 0 Å². The van der Waals surface area contributed by atoms with Gasteiger partial charge in [0.15, 0.2) is 5.16 Å². The fourth-order valence-electron chi connectivity index (χ4n) is 1.93. The number of aryl methyl sites for hydroxylation is 1. The number of thioether (sulfide) groups is 1. The molecule has 2 N–H and O–H groups in total. The molecule has 0 amide bonds. The van der Waals surface area contributed by atoms with Crippen LogP contribution in [0.1, 0.15) is 38.9 Å². The van der Waals surface area contributed by atoms with Crippen LogP contribution in [0.3, 0.4) is 0 Å². The van der Waals surface area contributed by atoms with Crippen molar-refractivity contribution in [3.63, 3.8) is 0 Å². The molecule has 1 aromatic rings. The lowest BCUT2D eigenvalue weighted by atomic mass is 10.1. The molecule has 1 unspecified atom stereocenters. The first-order chi connectivity index (χ1) is 8.18. The van der Waals surface area contributed by atoms with Crippen molar-refractivity contribution < 1.29 is 0 Å². The zero-order valence-corrected chi connectivity index (χ0v) is 11.5. The number of nitrogens with two attached hydrogens (primary N) is 1. The average molecular weight is 254 g/mol.